The smallest absolute Gasteiger partial charge is 0.223 e. The molecule has 0 saturated heterocycles. The van der Waals surface area contributed by atoms with Crippen molar-refractivity contribution in [1.82, 2.24) is 9.59 Å². The van der Waals surface area contributed by atoms with Gasteiger partial charge in [-0.3, -0.25) is 0 Å². The standard InChI is InChI=1S/C11H12N2OS/c1-7-5-4-6-10(8(7)2)14-11-9(3)12-13-15-11/h4-6H,1-3H3. The van der Waals surface area contributed by atoms with Crippen LogP contribution in [-0.4, -0.2) is 9.59 Å². The largest absolute Gasteiger partial charge is 0.443 e. The second kappa shape index (κ2) is 3.98. The predicted molar refractivity (Wildman–Crippen MR) is 60.6 cm³/mol. The Morgan fingerprint density at radius 2 is 2.00 bits per heavy atom. The van der Waals surface area contributed by atoms with E-state index in [4.69, 9.17) is 4.74 Å². The third-order valence-corrected chi connectivity index (χ3v) is 3.08. The summed E-state index contributed by atoms with van der Waals surface area (Å²) in [5.41, 5.74) is 3.22. The van der Waals surface area contributed by atoms with Gasteiger partial charge in [-0.05, 0) is 38.0 Å². The number of hydrogen-bond donors (Lipinski definition) is 0. The highest BCUT2D eigenvalue weighted by Crippen LogP contribution is 2.30. The van der Waals surface area contributed by atoms with Crippen LogP contribution in [0.3, 0.4) is 0 Å². The van der Waals surface area contributed by atoms with Gasteiger partial charge in [0.2, 0.25) is 5.06 Å². The topological polar surface area (TPSA) is 35.0 Å². The van der Waals surface area contributed by atoms with E-state index in [2.05, 4.69) is 29.5 Å². The van der Waals surface area contributed by atoms with Gasteiger partial charge >= 0.3 is 0 Å². The Labute approximate surface area is 92.9 Å². The molecule has 15 heavy (non-hydrogen) atoms. The average molecular weight is 220 g/mol. The first-order valence-electron chi connectivity index (χ1n) is 4.71. The average Bonchev–Trinajstić information content (AvgIpc) is 2.60. The molecule has 1 heterocycles. The first-order valence-corrected chi connectivity index (χ1v) is 5.49. The van der Waals surface area contributed by atoms with Gasteiger partial charge in [-0.15, -0.1) is 5.10 Å². The van der Waals surface area contributed by atoms with Crippen LogP contribution < -0.4 is 4.74 Å². The number of aryl methyl sites for hydroxylation is 2. The highest BCUT2D eigenvalue weighted by molar-refractivity contribution is 7.07. The van der Waals surface area contributed by atoms with Gasteiger partial charge in [-0.2, -0.15) is 0 Å². The molecule has 0 saturated carbocycles. The van der Waals surface area contributed by atoms with Crippen LogP contribution in [0.2, 0.25) is 0 Å². The molecule has 4 heteroatoms. The zero-order valence-electron chi connectivity index (χ0n) is 8.94. The molecule has 2 rings (SSSR count). The number of aromatic nitrogens is 2. The molecular formula is C11H12N2OS. The minimum absolute atomic E-state index is 0.767. The normalized spacial score (nSPS) is 10.3. The molecule has 0 fully saturated rings. The van der Waals surface area contributed by atoms with Gasteiger partial charge in [0, 0.05) is 11.5 Å². The van der Waals surface area contributed by atoms with Crippen molar-refractivity contribution in [3.63, 3.8) is 0 Å². The molecule has 1 aromatic carbocycles. The second-order valence-corrected chi connectivity index (χ2v) is 4.16. The van der Waals surface area contributed by atoms with Crippen molar-refractivity contribution in [2.75, 3.05) is 0 Å². The van der Waals surface area contributed by atoms with Crippen molar-refractivity contribution in [1.29, 1.82) is 0 Å². The highest BCUT2D eigenvalue weighted by Gasteiger charge is 2.08. The third kappa shape index (κ3) is 1.99. The molecule has 0 bridgehead atoms. The Hall–Kier alpha value is -1.42. The van der Waals surface area contributed by atoms with Gasteiger partial charge in [-0.25, -0.2) is 0 Å². The summed E-state index contributed by atoms with van der Waals surface area (Å²) in [5.74, 6) is 0.879. The molecule has 0 amide bonds. The van der Waals surface area contributed by atoms with Gasteiger partial charge < -0.3 is 4.74 Å². The first kappa shape index (κ1) is 10.1. The molecule has 0 aliphatic carbocycles. The lowest BCUT2D eigenvalue weighted by atomic mass is 10.1. The molecule has 0 aliphatic heterocycles. The number of ether oxygens (including phenoxy) is 1. The van der Waals surface area contributed by atoms with E-state index < -0.39 is 0 Å². The molecule has 78 valence electrons. The Bertz CT molecular complexity index is 479. The third-order valence-electron chi connectivity index (χ3n) is 2.37. The fraction of sp³-hybridized carbons (Fsp3) is 0.273. The highest BCUT2D eigenvalue weighted by atomic mass is 32.1. The Balaban J connectivity index is 2.33. The summed E-state index contributed by atoms with van der Waals surface area (Å²) >= 11 is 1.28. The van der Waals surface area contributed by atoms with Crippen LogP contribution in [0, 0.1) is 20.8 Å². The molecule has 1 aromatic heterocycles. The van der Waals surface area contributed by atoms with E-state index in [0.29, 0.717) is 0 Å². The molecular weight excluding hydrogens is 208 g/mol. The SMILES string of the molecule is Cc1cccc(Oc2snnc2C)c1C. The van der Waals surface area contributed by atoms with Crippen molar-refractivity contribution in [2.24, 2.45) is 0 Å². The zero-order valence-corrected chi connectivity index (χ0v) is 9.76. The first-order chi connectivity index (χ1) is 7.18. The van der Waals surface area contributed by atoms with Crippen molar-refractivity contribution in [3.05, 3.63) is 35.0 Å². The zero-order chi connectivity index (χ0) is 10.8. The Morgan fingerprint density at radius 1 is 1.20 bits per heavy atom. The fourth-order valence-corrected chi connectivity index (χ4v) is 1.79. The van der Waals surface area contributed by atoms with Crippen LogP contribution in [-0.2, 0) is 0 Å². The molecule has 0 aliphatic rings. The monoisotopic (exact) mass is 220 g/mol. The summed E-state index contributed by atoms with van der Waals surface area (Å²) in [7, 11) is 0. The van der Waals surface area contributed by atoms with E-state index in [9.17, 15) is 0 Å². The van der Waals surface area contributed by atoms with Crippen LogP contribution >= 0.6 is 11.5 Å². The van der Waals surface area contributed by atoms with Gasteiger partial charge in [0.05, 0.1) is 0 Å². The van der Waals surface area contributed by atoms with Gasteiger partial charge in [-0.1, -0.05) is 16.6 Å². The van der Waals surface area contributed by atoms with E-state index in [1.807, 2.05) is 19.1 Å². The summed E-state index contributed by atoms with van der Waals surface area (Å²) in [4.78, 5) is 0. The second-order valence-electron chi connectivity index (χ2n) is 3.45. The molecule has 0 radical (unpaired) electrons. The van der Waals surface area contributed by atoms with Crippen LogP contribution in [0.15, 0.2) is 18.2 Å². The lowest BCUT2D eigenvalue weighted by Gasteiger charge is -2.08. The van der Waals surface area contributed by atoms with Gasteiger partial charge in [0.1, 0.15) is 11.4 Å². The maximum absolute atomic E-state index is 5.75. The van der Waals surface area contributed by atoms with Crippen LogP contribution in [0.1, 0.15) is 16.8 Å². The molecule has 3 nitrogen and oxygen atoms in total. The van der Waals surface area contributed by atoms with Crippen LogP contribution in [0.4, 0.5) is 0 Å². The lowest BCUT2D eigenvalue weighted by molar-refractivity contribution is 0.487. The molecule has 0 spiro atoms. The number of nitrogens with zero attached hydrogens (tertiary/aromatic N) is 2. The summed E-state index contributed by atoms with van der Waals surface area (Å²) in [6.07, 6.45) is 0. The minimum atomic E-state index is 0.767. The molecule has 0 N–H and O–H groups in total. The summed E-state index contributed by atoms with van der Waals surface area (Å²) in [6, 6.07) is 6.02. The van der Waals surface area contributed by atoms with E-state index in [-0.39, 0.29) is 0 Å². The maximum Gasteiger partial charge on any atom is 0.223 e. The summed E-state index contributed by atoms with van der Waals surface area (Å²) in [5, 5.41) is 4.68. The van der Waals surface area contributed by atoms with E-state index in [0.717, 1.165) is 22.1 Å². The van der Waals surface area contributed by atoms with Crippen LogP contribution in [0.5, 0.6) is 10.8 Å². The van der Waals surface area contributed by atoms with Crippen molar-refractivity contribution < 1.29 is 4.74 Å². The number of hydrogen-bond acceptors (Lipinski definition) is 4. The van der Waals surface area contributed by atoms with Crippen LogP contribution in [0.25, 0.3) is 0 Å². The predicted octanol–water partition coefficient (Wildman–Crippen LogP) is 3.26. The quantitative estimate of drug-likeness (QED) is 0.779. The number of rotatable bonds is 2. The van der Waals surface area contributed by atoms with E-state index >= 15 is 0 Å². The Kier molecular flexibility index (Phi) is 2.68. The van der Waals surface area contributed by atoms with Crippen molar-refractivity contribution in [2.45, 2.75) is 20.8 Å². The van der Waals surface area contributed by atoms with Gasteiger partial charge in [0.15, 0.2) is 0 Å². The van der Waals surface area contributed by atoms with Gasteiger partial charge in [0.25, 0.3) is 0 Å². The van der Waals surface area contributed by atoms with Crippen molar-refractivity contribution in [3.8, 4) is 10.8 Å². The Morgan fingerprint density at radius 3 is 2.67 bits per heavy atom. The van der Waals surface area contributed by atoms with E-state index in [1.165, 1.54) is 17.1 Å². The summed E-state index contributed by atoms with van der Waals surface area (Å²) < 4.78 is 9.59. The summed E-state index contributed by atoms with van der Waals surface area (Å²) in [6.45, 7) is 6.01. The van der Waals surface area contributed by atoms with E-state index in [1.54, 1.807) is 0 Å². The minimum Gasteiger partial charge on any atom is -0.443 e. The number of benzene rings is 1. The lowest BCUT2D eigenvalue weighted by Crippen LogP contribution is -1.89. The maximum atomic E-state index is 5.75. The molecule has 2 aromatic rings. The molecule has 0 unspecified atom stereocenters. The fourth-order valence-electron chi connectivity index (χ4n) is 1.25. The molecule has 0 atom stereocenters. The van der Waals surface area contributed by atoms with Crippen molar-refractivity contribution >= 4 is 11.5 Å².